The van der Waals surface area contributed by atoms with Gasteiger partial charge in [0.1, 0.15) is 11.5 Å². The molecule has 2 aromatic heterocycles. The fraction of sp³-hybridized carbons (Fsp3) is 0.143. The molecule has 0 unspecified atom stereocenters. The molecule has 0 spiro atoms. The zero-order valence-corrected chi connectivity index (χ0v) is 17.4. The van der Waals surface area contributed by atoms with Crippen LogP contribution in [0.3, 0.4) is 0 Å². The van der Waals surface area contributed by atoms with Crippen LogP contribution in [0.2, 0.25) is 0 Å². The van der Waals surface area contributed by atoms with Crippen molar-refractivity contribution in [2.45, 2.75) is 20.4 Å². The molecule has 0 atom stereocenters. The van der Waals surface area contributed by atoms with Crippen LogP contribution in [0.5, 0.6) is 0 Å². The summed E-state index contributed by atoms with van der Waals surface area (Å²) >= 11 is 0. The molecule has 32 heavy (non-hydrogen) atoms. The van der Waals surface area contributed by atoms with Crippen molar-refractivity contribution in [3.05, 3.63) is 70.8 Å². The first kappa shape index (κ1) is 21.4. The first-order chi connectivity index (χ1) is 15.2. The number of benzene rings is 2. The third kappa shape index (κ3) is 4.03. The quantitative estimate of drug-likeness (QED) is 0.332. The van der Waals surface area contributed by atoms with E-state index in [-0.39, 0.29) is 11.5 Å². The highest BCUT2D eigenvalue weighted by molar-refractivity contribution is 6.58. The number of hydrogen-bond acceptors (Lipinski definition) is 7. The maximum absolute atomic E-state index is 14.2. The third-order valence-corrected chi connectivity index (χ3v) is 5.09. The maximum Gasteiger partial charge on any atom is 0.488 e. The molecule has 4 rings (SSSR count). The summed E-state index contributed by atoms with van der Waals surface area (Å²) in [6.45, 7) is 3.88. The van der Waals surface area contributed by atoms with Crippen molar-refractivity contribution in [3.8, 4) is 5.95 Å². The normalized spacial score (nSPS) is 11.0. The summed E-state index contributed by atoms with van der Waals surface area (Å²) in [6, 6.07) is 11.0. The van der Waals surface area contributed by atoms with Gasteiger partial charge in [0.05, 0.1) is 11.1 Å². The minimum atomic E-state index is -1.56. The highest BCUT2D eigenvalue weighted by Gasteiger charge is 2.18. The molecule has 0 bridgehead atoms. The number of aryl methyl sites for hydroxylation is 2. The smallest absolute Gasteiger partial charge is 0.423 e. The number of hydrogen-bond donors (Lipinski definition) is 4. The lowest BCUT2D eigenvalue weighted by atomic mass is 9.80. The Bertz CT molecular complexity index is 1340. The number of primary amides is 1. The Balaban J connectivity index is 1.72. The average Bonchev–Trinajstić information content (AvgIpc) is 3.08. The van der Waals surface area contributed by atoms with Crippen LogP contribution in [0.4, 0.5) is 10.2 Å². The van der Waals surface area contributed by atoms with Gasteiger partial charge in [-0.05, 0) is 43.1 Å². The monoisotopic (exact) mass is 434 g/mol. The van der Waals surface area contributed by atoms with Gasteiger partial charge < -0.3 is 21.1 Å². The van der Waals surface area contributed by atoms with Crippen molar-refractivity contribution < 1.29 is 19.2 Å². The molecule has 1 amide bonds. The predicted molar refractivity (Wildman–Crippen MR) is 118 cm³/mol. The molecule has 11 heteroatoms. The molecule has 9 nitrogen and oxygen atoms in total. The number of amides is 1. The van der Waals surface area contributed by atoms with Crippen LogP contribution < -0.4 is 16.5 Å². The van der Waals surface area contributed by atoms with Crippen molar-refractivity contribution in [2.24, 2.45) is 5.73 Å². The summed E-state index contributed by atoms with van der Waals surface area (Å²) in [6.07, 6.45) is 0. The highest BCUT2D eigenvalue weighted by Crippen LogP contribution is 2.27. The standard InChI is InChI=1S/C21H20BFN6O3/c1-11-6-16-17(19(24)30)8-15(23)9-18(16)29(11)21-26-20(12(2)27-28-21)25-10-13-4-3-5-14(7-13)22(31)32/h3-9,31-32H,10H2,1-2H3,(H2,24,30)(H,25,26,28). The fourth-order valence-corrected chi connectivity index (χ4v) is 3.56. The van der Waals surface area contributed by atoms with E-state index in [0.717, 1.165) is 11.6 Å². The van der Waals surface area contributed by atoms with E-state index in [1.165, 1.54) is 6.07 Å². The summed E-state index contributed by atoms with van der Waals surface area (Å²) in [4.78, 5) is 16.3. The van der Waals surface area contributed by atoms with Gasteiger partial charge in [-0.1, -0.05) is 24.3 Å². The Morgan fingerprint density at radius 1 is 1.19 bits per heavy atom. The van der Waals surface area contributed by atoms with Crippen LogP contribution >= 0.6 is 0 Å². The second-order valence-corrected chi connectivity index (χ2v) is 7.39. The molecule has 0 saturated carbocycles. The number of halogens is 1. The van der Waals surface area contributed by atoms with Gasteiger partial charge in [-0.25, -0.2) is 4.39 Å². The molecule has 0 saturated heterocycles. The molecule has 0 aliphatic heterocycles. The van der Waals surface area contributed by atoms with E-state index >= 15 is 0 Å². The Morgan fingerprint density at radius 2 is 1.97 bits per heavy atom. The van der Waals surface area contributed by atoms with E-state index < -0.39 is 18.8 Å². The summed E-state index contributed by atoms with van der Waals surface area (Å²) in [5.41, 5.74) is 8.30. The number of anilines is 1. The van der Waals surface area contributed by atoms with E-state index in [9.17, 15) is 19.2 Å². The molecule has 0 aliphatic rings. The van der Waals surface area contributed by atoms with Crippen molar-refractivity contribution >= 4 is 35.2 Å². The summed E-state index contributed by atoms with van der Waals surface area (Å²) < 4.78 is 15.8. The number of carbonyl (C=O) groups is 1. The molecule has 2 heterocycles. The Hall–Kier alpha value is -3.83. The highest BCUT2D eigenvalue weighted by atomic mass is 19.1. The zero-order chi connectivity index (χ0) is 23.0. The number of fused-ring (bicyclic) bond motifs is 1. The number of aromatic nitrogens is 4. The molecule has 0 aliphatic carbocycles. The van der Waals surface area contributed by atoms with Crippen LogP contribution in [-0.4, -0.2) is 42.8 Å². The molecular weight excluding hydrogens is 414 g/mol. The predicted octanol–water partition coefficient (Wildman–Crippen LogP) is 0.962. The van der Waals surface area contributed by atoms with E-state index in [2.05, 4.69) is 20.5 Å². The van der Waals surface area contributed by atoms with E-state index in [0.29, 0.717) is 40.1 Å². The van der Waals surface area contributed by atoms with Gasteiger partial charge in [0.25, 0.3) is 5.95 Å². The van der Waals surface area contributed by atoms with Crippen molar-refractivity contribution in [1.82, 2.24) is 19.7 Å². The minimum absolute atomic E-state index is 0.0752. The minimum Gasteiger partial charge on any atom is -0.423 e. The lowest BCUT2D eigenvalue weighted by Crippen LogP contribution is -2.30. The molecular formula is C21H20BFN6O3. The Morgan fingerprint density at radius 3 is 2.69 bits per heavy atom. The lowest BCUT2D eigenvalue weighted by Gasteiger charge is -2.12. The zero-order valence-electron chi connectivity index (χ0n) is 17.4. The van der Waals surface area contributed by atoms with Gasteiger partial charge in [0.15, 0.2) is 5.82 Å². The van der Waals surface area contributed by atoms with E-state index in [1.807, 2.05) is 6.07 Å². The van der Waals surface area contributed by atoms with Crippen molar-refractivity contribution in [3.63, 3.8) is 0 Å². The van der Waals surface area contributed by atoms with Gasteiger partial charge in [0, 0.05) is 17.6 Å². The second-order valence-electron chi connectivity index (χ2n) is 7.39. The number of rotatable bonds is 6. The lowest BCUT2D eigenvalue weighted by molar-refractivity contribution is 0.100. The number of nitrogens with one attached hydrogen (secondary N) is 1. The van der Waals surface area contributed by atoms with Gasteiger partial charge in [0.2, 0.25) is 5.91 Å². The van der Waals surface area contributed by atoms with Crippen molar-refractivity contribution in [1.29, 1.82) is 0 Å². The molecule has 162 valence electrons. The molecule has 0 fully saturated rings. The summed E-state index contributed by atoms with van der Waals surface area (Å²) in [5, 5.41) is 30.7. The van der Waals surface area contributed by atoms with Crippen LogP contribution in [-0.2, 0) is 6.54 Å². The summed E-state index contributed by atoms with van der Waals surface area (Å²) in [5.74, 6) is -0.675. The number of nitrogens with zero attached hydrogens (tertiary/aromatic N) is 4. The fourth-order valence-electron chi connectivity index (χ4n) is 3.56. The molecule has 5 N–H and O–H groups in total. The van der Waals surface area contributed by atoms with Gasteiger partial charge in [-0.2, -0.15) is 4.98 Å². The molecule has 4 aromatic rings. The van der Waals surface area contributed by atoms with Gasteiger partial charge in [-0.3, -0.25) is 9.36 Å². The first-order valence-corrected chi connectivity index (χ1v) is 9.76. The van der Waals surface area contributed by atoms with Gasteiger partial charge in [-0.15, -0.1) is 10.2 Å². The van der Waals surface area contributed by atoms with Gasteiger partial charge >= 0.3 is 7.12 Å². The summed E-state index contributed by atoms with van der Waals surface area (Å²) in [7, 11) is -1.56. The van der Waals surface area contributed by atoms with Crippen LogP contribution in [0.15, 0.2) is 42.5 Å². The number of carbonyl (C=O) groups excluding carboxylic acids is 1. The first-order valence-electron chi connectivity index (χ1n) is 9.76. The topological polar surface area (TPSA) is 139 Å². The van der Waals surface area contributed by atoms with E-state index in [1.54, 1.807) is 42.7 Å². The maximum atomic E-state index is 14.2. The van der Waals surface area contributed by atoms with E-state index in [4.69, 9.17) is 5.73 Å². The largest absolute Gasteiger partial charge is 0.488 e. The Labute approximate surface area is 182 Å². The molecule has 0 radical (unpaired) electrons. The van der Waals surface area contributed by atoms with Crippen molar-refractivity contribution in [2.75, 3.05) is 5.32 Å². The second kappa shape index (κ2) is 8.37. The molecule has 2 aromatic carbocycles. The number of nitrogens with two attached hydrogens (primary N) is 1. The Kier molecular flexibility index (Phi) is 5.60. The van der Waals surface area contributed by atoms with Crippen LogP contribution in [0.25, 0.3) is 16.9 Å². The third-order valence-electron chi connectivity index (χ3n) is 5.09. The van der Waals surface area contributed by atoms with Crippen LogP contribution in [0.1, 0.15) is 27.3 Å². The SMILES string of the molecule is Cc1nnc(-n2c(C)cc3c(C(N)=O)cc(F)cc32)nc1NCc1cccc(B(O)O)c1. The average molecular weight is 434 g/mol. The van der Waals surface area contributed by atoms with Crippen LogP contribution in [0, 0.1) is 19.7 Å².